The molecular weight excluding hydrogens is 428 g/mol. The van der Waals surface area contributed by atoms with E-state index in [0.29, 0.717) is 30.5 Å². The number of halogens is 6. The number of carbonyl (C=O) groups excluding carboxylic acids is 1. The number of aliphatic hydroxyl groups is 2. The molecule has 0 saturated carbocycles. The summed E-state index contributed by atoms with van der Waals surface area (Å²) in [7, 11) is 0. The minimum atomic E-state index is -6.00. The molecule has 1 amide bonds. The molecule has 0 bridgehead atoms. The van der Waals surface area contributed by atoms with E-state index in [4.69, 9.17) is 0 Å². The first-order valence-electron chi connectivity index (χ1n) is 9.41. The fourth-order valence-electron chi connectivity index (χ4n) is 3.62. The number of fused-ring (bicyclic) bond motifs is 1. The number of amides is 1. The van der Waals surface area contributed by atoms with Gasteiger partial charge in [-0.05, 0) is 36.5 Å². The van der Waals surface area contributed by atoms with Gasteiger partial charge in [0, 0.05) is 17.8 Å². The molecule has 0 aromatic heterocycles. The van der Waals surface area contributed by atoms with Crippen LogP contribution < -0.4 is 4.90 Å². The number of alkyl halides is 6. The molecule has 168 valence electrons. The van der Waals surface area contributed by atoms with Crippen molar-refractivity contribution in [3.8, 4) is 0 Å². The first-order valence-corrected chi connectivity index (χ1v) is 9.41. The summed E-state index contributed by atoms with van der Waals surface area (Å²) in [5, 5.41) is 20.1. The summed E-state index contributed by atoms with van der Waals surface area (Å²) in [5.74, 6) is -0.746. The van der Waals surface area contributed by atoms with Crippen LogP contribution in [0.25, 0.3) is 0 Å². The van der Waals surface area contributed by atoms with E-state index in [0.717, 1.165) is 11.0 Å². The summed E-state index contributed by atoms with van der Waals surface area (Å²) in [5.41, 5.74) is -5.95. The maximum Gasteiger partial charge on any atom is 0.430 e. The predicted molar refractivity (Wildman–Crippen MR) is 99.1 cm³/mol. The largest absolute Gasteiger partial charge is 0.430 e. The number of hydrogen-bond donors (Lipinski definition) is 2. The van der Waals surface area contributed by atoms with Gasteiger partial charge in [-0.3, -0.25) is 4.79 Å². The van der Waals surface area contributed by atoms with Crippen molar-refractivity contribution >= 4 is 11.6 Å². The van der Waals surface area contributed by atoms with Crippen molar-refractivity contribution in [3.63, 3.8) is 0 Å². The normalized spacial score (nSPS) is 16.5. The molecule has 0 spiro atoms. The van der Waals surface area contributed by atoms with E-state index in [2.05, 4.69) is 0 Å². The molecular formula is C21H19F6NO3. The average Bonchev–Trinajstić information content (AvgIpc) is 2.93. The van der Waals surface area contributed by atoms with Crippen LogP contribution in [0.4, 0.5) is 32.0 Å². The Morgan fingerprint density at radius 2 is 1.55 bits per heavy atom. The lowest BCUT2D eigenvalue weighted by Crippen LogP contribution is -2.54. The zero-order valence-electron chi connectivity index (χ0n) is 16.0. The van der Waals surface area contributed by atoms with Crippen LogP contribution >= 0.6 is 0 Å². The standard InChI is InChI=1S/C21H19F6NO3/c22-20(23,24)19(31,21(25,26)27)15-9-10-16-14(12-15)8-4-5-11-28(16)18(30)17(29)13-6-2-1-3-7-13/h1-3,6-7,9-10,12,17,29,31H,4-5,8,11H2. The molecule has 4 nitrogen and oxygen atoms in total. The van der Waals surface area contributed by atoms with Crippen molar-refractivity contribution in [2.24, 2.45) is 0 Å². The first-order chi connectivity index (χ1) is 14.4. The van der Waals surface area contributed by atoms with E-state index in [-0.39, 0.29) is 24.2 Å². The second kappa shape index (κ2) is 8.16. The van der Waals surface area contributed by atoms with Gasteiger partial charge in [0.2, 0.25) is 0 Å². The molecule has 0 saturated heterocycles. The fourth-order valence-corrected chi connectivity index (χ4v) is 3.62. The maximum absolute atomic E-state index is 13.2. The van der Waals surface area contributed by atoms with Gasteiger partial charge in [0.1, 0.15) is 0 Å². The monoisotopic (exact) mass is 447 g/mol. The average molecular weight is 447 g/mol. The highest BCUT2D eigenvalue weighted by Gasteiger charge is 2.71. The van der Waals surface area contributed by atoms with Crippen LogP contribution in [0.3, 0.4) is 0 Å². The van der Waals surface area contributed by atoms with Gasteiger partial charge in [0.05, 0.1) is 0 Å². The predicted octanol–water partition coefficient (Wildman–Crippen LogP) is 4.40. The van der Waals surface area contributed by atoms with Crippen LogP contribution in [0.2, 0.25) is 0 Å². The van der Waals surface area contributed by atoms with Crippen LogP contribution in [0, 0.1) is 0 Å². The number of benzene rings is 2. The van der Waals surface area contributed by atoms with Gasteiger partial charge in [-0.2, -0.15) is 26.3 Å². The van der Waals surface area contributed by atoms with Gasteiger partial charge in [0.25, 0.3) is 11.5 Å². The second-order valence-electron chi connectivity index (χ2n) is 7.31. The molecule has 1 aliphatic heterocycles. The number of carbonyl (C=O) groups is 1. The molecule has 0 aliphatic carbocycles. The highest BCUT2D eigenvalue weighted by atomic mass is 19.4. The Balaban J connectivity index is 2.04. The zero-order valence-corrected chi connectivity index (χ0v) is 16.0. The number of anilines is 1. The number of rotatable bonds is 3. The lowest BCUT2D eigenvalue weighted by molar-refractivity contribution is -0.376. The van der Waals surface area contributed by atoms with Crippen LogP contribution in [0.1, 0.15) is 35.6 Å². The van der Waals surface area contributed by atoms with Crippen LogP contribution in [-0.4, -0.2) is 35.0 Å². The third-order valence-corrected chi connectivity index (χ3v) is 5.30. The van der Waals surface area contributed by atoms with Gasteiger partial charge < -0.3 is 15.1 Å². The van der Waals surface area contributed by atoms with Gasteiger partial charge in [-0.1, -0.05) is 42.5 Å². The molecule has 2 aromatic rings. The Kier molecular flexibility index (Phi) is 6.07. The number of aryl methyl sites for hydroxylation is 1. The summed E-state index contributed by atoms with van der Waals surface area (Å²) >= 11 is 0. The molecule has 1 heterocycles. The quantitative estimate of drug-likeness (QED) is 0.686. The smallest absolute Gasteiger partial charge is 0.378 e. The number of nitrogens with zero attached hydrogens (tertiary/aromatic N) is 1. The third-order valence-electron chi connectivity index (χ3n) is 5.30. The highest BCUT2D eigenvalue weighted by Crippen LogP contribution is 2.50. The molecule has 1 aliphatic rings. The van der Waals surface area contributed by atoms with Crippen molar-refractivity contribution < 1.29 is 41.4 Å². The van der Waals surface area contributed by atoms with Gasteiger partial charge in [-0.15, -0.1) is 0 Å². The third kappa shape index (κ3) is 4.14. The lowest BCUT2D eigenvalue weighted by atomic mass is 9.89. The molecule has 0 radical (unpaired) electrons. The fraction of sp³-hybridized carbons (Fsp3) is 0.381. The zero-order chi connectivity index (χ0) is 23.0. The van der Waals surface area contributed by atoms with Crippen molar-refractivity contribution in [2.75, 3.05) is 11.4 Å². The highest BCUT2D eigenvalue weighted by molar-refractivity contribution is 5.97. The minimum Gasteiger partial charge on any atom is -0.378 e. The van der Waals surface area contributed by atoms with Crippen molar-refractivity contribution in [1.82, 2.24) is 0 Å². The summed E-state index contributed by atoms with van der Waals surface area (Å²) in [6, 6.07) is 10.1. The topological polar surface area (TPSA) is 60.8 Å². The van der Waals surface area contributed by atoms with Crippen LogP contribution in [0.15, 0.2) is 48.5 Å². The lowest BCUT2D eigenvalue weighted by Gasteiger charge is -2.33. The van der Waals surface area contributed by atoms with Crippen LogP contribution in [0.5, 0.6) is 0 Å². The molecule has 10 heteroatoms. The van der Waals surface area contributed by atoms with Crippen molar-refractivity contribution in [3.05, 3.63) is 65.2 Å². The molecule has 2 aromatic carbocycles. The summed E-state index contributed by atoms with van der Waals surface area (Å²) in [4.78, 5) is 14.0. The summed E-state index contributed by atoms with van der Waals surface area (Å²) in [6.07, 6.45) is -12.6. The van der Waals surface area contributed by atoms with E-state index < -0.39 is 35.5 Å². The SMILES string of the molecule is O=C(C(O)c1ccccc1)N1CCCCc2cc(C(O)(C(F)(F)F)C(F)(F)F)ccc21. The van der Waals surface area contributed by atoms with E-state index in [1.165, 1.54) is 12.1 Å². The number of hydrogen-bond acceptors (Lipinski definition) is 3. The second-order valence-corrected chi connectivity index (χ2v) is 7.31. The van der Waals surface area contributed by atoms with Gasteiger partial charge in [-0.25, -0.2) is 0 Å². The maximum atomic E-state index is 13.2. The van der Waals surface area contributed by atoms with Crippen molar-refractivity contribution in [2.45, 2.75) is 43.3 Å². The summed E-state index contributed by atoms with van der Waals surface area (Å²) in [6.45, 7) is 0.137. The van der Waals surface area contributed by atoms with E-state index >= 15 is 0 Å². The van der Waals surface area contributed by atoms with E-state index in [1.54, 1.807) is 18.2 Å². The molecule has 1 atom stereocenters. The number of aliphatic hydroxyl groups excluding tert-OH is 1. The Morgan fingerprint density at radius 3 is 2.13 bits per heavy atom. The van der Waals surface area contributed by atoms with Crippen molar-refractivity contribution in [1.29, 1.82) is 0 Å². The van der Waals surface area contributed by atoms with Gasteiger partial charge in [0.15, 0.2) is 6.10 Å². The Morgan fingerprint density at radius 1 is 0.935 bits per heavy atom. The molecule has 1 unspecified atom stereocenters. The van der Waals surface area contributed by atoms with E-state index in [1.807, 2.05) is 0 Å². The van der Waals surface area contributed by atoms with Crippen LogP contribution in [-0.2, 0) is 16.8 Å². The Labute approximate surface area is 173 Å². The molecule has 0 fully saturated rings. The molecule has 2 N–H and O–H groups in total. The Bertz CT molecular complexity index is 928. The minimum absolute atomic E-state index is 0.0514. The molecule has 31 heavy (non-hydrogen) atoms. The molecule has 3 rings (SSSR count). The Hall–Kier alpha value is -2.59. The van der Waals surface area contributed by atoms with Gasteiger partial charge >= 0.3 is 12.4 Å². The first kappa shape index (κ1) is 23.1. The van der Waals surface area contributed by atoms with E-state index in [9.17, 15) is 41.4 Å². The summed E-state index contributed by atoms with van der Waals surface area (Å²) < 4.78 is 79.4.